The minimum atomic E-state index is -0.226. The summed E-state index contributed by atoms with van der Waals surface area (Å²) in [6, 6.07) is 6.82. The second kappa shape index (κ2) is 6.62. The Bertz CT molecular complexity index is 634. The molecular weight excluding hydrogens is 272 g/mol. The van der Waals surface area contributed by atoms with Gasteiger partial charge in [0.05, 0.1) is 11.9 Å². The highest BCUT2D eigenvalue weighted by Gasteiger charge is 2.06. The minimum Gasteiger partial charge on any atom is -0.326 e. The van der Waals surface area contributed by atoms with Gasteiger partial charge in [-0.15, -0.1) is 5.10 Å². The molecule has 4 N–H and O–H groups in total. The van der Waals surface area contributed by atoms with Gasteiger partial charge in [-0.2, -0.15) is 0 Å². The van der Waals surface area contributed by atoms with Crippen molar-refractivity contribution < 1.29 is 9.59 Å². The zero-order chi connectivity index (χ0) is 15.2. The standard InChI is InChI=1S/C13H16N6O2/c1-9(20)15-10-2-4-11(5-3-10)16-13(21)8-19-7-12(6-14)17-18-19/h2-5,7H,6,8,14H2,1H3,(H,15,20)(H,16,21). The van der Waals surface area contributed by atoms with Crippen LogP contribution in [-0.2, 0) is 22.7 Å². The molecule has 1 aromatic carbocycles. The van der Waals surface area contributed by atoms with Crippen LogP contribution in [0.3, 0.4) is 0 Å². The lowest BCUT2D eigenvalue weighted by Gasteiger charge is -2.06. The highest BCUT2D eigenvalue weighted by atomic mass is 16.2. The molecule has 8 heteroatoms. The van der Waals surface area contributed by atoms with Crippen molar-refractivity contribution in [3.63, 3.8) is 0 Å². The third-order valence-corrected chi connectivity index (χ3v) is 2.59. The number of nitrogens with zero attached hydrogens (tertiary/aromatic N) is 3. The Labute approximate surface area is 121 Å². The van der Waals surface area contributed by atoms with Gasteiger partial charge in [-0.05, 0) is 24.3 Å². The highest BCUT2D eigenvalue weighted by molar-refractivity contribution is 5.92. The fraction of sp³-hybridized carbons (Fsp3) is 0.231. The molecule has 0 saturated heterocycles. The van der Waals surface area contributed by atoms with Crippen LogP contribution in [0.15, 0.2) is 30.5 Å². The second-order valence-corrected chi connectivity index (χ2v) is 4.42. The molecule has 0 atom stereocenters. The molecule has 0 radical (unpaired) electrons. The molecule has 0 aliphatic heterocycles. The van der Waals surface area contributed by atoms with Crippen LogP contribution in [0.5, 0.6) is 0 Å². The lowest BCUT2D eigenvalue weighted by Crippen LogP contribution is -2.19. The van der Waals surface area contributed by atoms with E-state index in [9.17, 15) is 9.59 Å². The maximum absolute atomic E-state index is 11.8. The SMILES string of the molecule is CC(=O)Nc1ccc(NC(=O)Cn2cc(CN)nn2)cc1. The number of hydrogen-bond donors (Lipinski definition) is 3. The maximum atomic E-state index is 11.8. The largest absolute Gasteiger partial charge is 0.326 e. The van der Waals surface area contributed by atoms with Crippen LogP contribution >= 0.6 is 0 Å². The molecule has 0 bridgehead atoms. The Morgan fingerprint density at radius 2 is 1.81 bits per heavy atom. The van der Waals surface area contributed by atoms with E-state index in [2.05, 4.69) is 20.9 Å². The Kier molecular flexibility index (Phi) is 4.62. The van der Waals surface area contributed by atoms with E-state index < -0.39 is 0 Å². The maximum Gasteiger partial charge on any atom is 0.246 e. The van der Waals surface area contributed by atoms with Crippen LogP contribution in [0.2, 0.25) is 0 Å². The number of rotatable bonds is 5. The van der Waals surface area contributed by atoms with Gasteiger partial charge in [-0.3, -0.25) is 9.59 Å². The van der Waals surface area contributed by atoms with E-state index in [0.29, 0.717) is 17.1 Å². The van der Waals surface area contributed by atoms with Crippen LogP contribution < -0.4 is 16.4 Å². The van der Waals surface area contributed by atoms with Gasteiger partial charge in [-0.25, -0.2) is 4.68 Å². The van der Waals surface area contributed by atoms with Crippen molar-refractivity contribution in [1.82, 2.24) is 15.0 Å². The number of anilines is 2. The van der Waals surface area contributed by atoms with Crippen molar-refractivity contribution in [2.75, 3.05) is 10.6 Å². The molecule has 1 heterocycles. The first-order valence-corrected chi connectivity index (χ1v) is 6.33. The lowest BCUT2D eigenvalue weighted by molar-refractivity contribution is -0.117. The fourth-order valence-electron chi connectivity index (χ4n) is 1.70. The number of nitrogens with two attached hydrogens (primary N) is 1. The van der Waals surface area contributed by atoms with E-state index in [4.69, 9.17) is 5.73 Å². The molecular formula is C13H16N6O2. The Hall–Kier alpha value is -2.74. The number of nitrogens with one attached hydrogen (secondary N) is 2. The van der Waals surface area contributed by atoms with E-state index in [-0.39, 0.29) is 24.9 Å². The molecule has 110 valence electrons. The van der Waals surface area contributed by atoms with Crippen molar-refractivity contribution in [2.24, 2.45) is 5.73 Å². The topological polar surface area (TPSA) is 115 Å². The van der Waals surface area contributed by atoms with E-state index in [1.807, 2.05) is 0 Å². The van der Waals surface area contributed by atoms with Gasteiger partial charge < -0.3 is 16.4 Å². The van der Waals surface area contributed by atoms with Gasteiger partial charge in [0.25, 0.3) is 0 Å². The van der Waals surface area contributed by atoms with E-state index >= 15 is 0 Å². The second-order valence-electron chi connectivity index (χ2n) is 4.42. The van der Waals surface area contributed by atoms with Gasteiger partial charge in [0.2, 0.25) is 11.8 Å². The third kappa shape index (κ3) is 4.39. The Morgan fingerprint density at radius 1 is 1.19 bits per heavy atom. The summed E-state index contributed by atoms with van der Waals surface area (Å²) in [7, 11) is 0. The predicted molar refractivity (Wildman–Crippen MR) is 77.3 cm³/mol. The molecule has 0 fully saturated rings. The normalized spacial score (nSPS) is 10.2. The van der Waals surface area contributed by atoms with Crippen molar-refractivity contribution in [1.29, 1.82) is 0 Å². The number of aromatic nitrogens is 3. The summed E-state index contributed by atoms with van der Waals surface area (Å²) >= 11 is 0. The molecule has 0 spiro atoms. The first kappa shape index (κ1) is 14.7. The summed E-state index contributed by atoms with van der Waals surface area (Å²) in [4.78, 5) is 22.7. The molecule has 2 amide bonds. The summed E-state index contributed by atoms with van der Waals surface area (Å²) in [6.07, 6.45) is 1.62. The quantitative estimate of drug-likeness (QED) is 0.733. The lowest BCUT2D eigenvalue weighted by atomic mass is 10.2. The molecule has 1 aromatic heterocycles. The average molecular weight is 288 g/mol. The van der Waals surface area contributed by atoms with Gasteiger partial charge in [0.1, 0.15) is 6.54 Å². The number of amides is 2. The van der Waals surface area contributed by atoms with Crippen LogP contribution in [0, 0.1) is 0 Å². The summed E-state index contributed by atoms with van der Waals surface area (Å²) in [5, 5.41) is 13.0. The molecule has 2 aromatic rings. The van der Waals surface area contributed by atoms with Gasteiger partial charge >= 0.3 is 0 Å². The summed E-state index contributed by atoms with van der Waals surface area (Å²) in [6.45, 7) is 1.77. The monoisotopic (exact) mass is 288 g/mol. The minimum absolute atomic E-state index is 0.0560. The number of benzene rings is 1. The van der Waals surface area contributed by atoms with Crippen LogP contribution in [0.1, 0.15) is 12.6 Å². The van der Waals surface area contributed by atoms with Crippen molar-refractivity contribution in [3.8, 4) is 0 Å². The first-order valence-electron chi connectivity index (χ1n) is 6.33. The van der Waals surface area contributed by atoms with Crippen LogP contribution in [0.25, 0.3) is 0 Å². The van der Waals surface area contributed by atoms with Crippen molar-refractivity contribution >= 4 is 23.2 Å². The Morgan fingerprint density at radius 3 is 2.33 bits per heavy atom. The zero-order valence-electron chi connectivity index (χ0n) is 11.5. The van der Waals surface area contributed by atoms with Gasteiger partial charge in [0.15, 0.2) is 0 Å². The molecule has 0 unspecified atom stereocenters. The van der Waals surface area contributed by atoms with E-state index in [1.165, 1.54) is 11.6 Å². The van der Waals surface area contributed by atoms with Crippen LogP contribution in [0.4, 0.5) is 11.4 Å². The van der Waals surface area contributed by atoms with Gasteiger partial charge in [-0.1, -0.05) is 5.21 Å². The Balaban J connectivity index is 1.91. The summed E-state index contributed by atoms with van der Waals surface area (Å²) in [5.41, 5.74) is 7.35. The molecule has 0 saturated carbocycles. The van der Waals surface area contributed by atoms with Crippen molar-refractivity contribution in [3.05, 3.63) is 36.2 Å². The molecule has 2 rings (SSSR count). The number of carbonyl (C=O) groups excluding carboxylic acids is 2. The summed E-state index contributed by atoms with van der Waals surface area (Å²) in [5.74, 6) is -0.371. The fourth-order valence-corrected chi connectivity index (χ4v) is 1.70. The summed E-state index contributed by atoms with van der Waals surface area (Å²) < 4.78 is 1.42. The average Bonchev–Trinajstić information content (AvgIpc) is 2.88. The van der Waals surface area contributed by atoms with Crippen molar-refractivity contribution in [2.45, 2.75) is 20.0 Å². The molecule has 0 aliphatic rings. The molecule has 21 heavy (non-hydrogen) atoms. The molecule has 8 nitrogen and oxygen atoms in total. The highest BCUT2D eigenvalue weighted by Crippen LogP contribution is 2.13. The number of carbonyl (C=O) groups is 2. The zero-order valence-corrected chi connectivity index (χ0v) is 11.5. The number of hydrogen-bond acceptors (Lipinski definition) is 5. The first-order chi connectivity index (χ1) is 10.1. The van der Waals surface area contributed by atoms with E-state index in [1.54, 1.807) is 30.5 Å². The predicted octanol–water partition coefficient (Wildman–Crippen LogP) is 0.334. The molecule has 0 aliphatic carbocycles. The van der Waals surface area contributed by atoms with E-state index in [0.717, 1.165) is 0 Å². The third-order valence-electron chi connectivity index (χ3n) is 2.59. The van der Waals surface area contributed by atoms with Crippen LogP contribution in [-0.4, -0.2) is 26.8 Å². The smallest absolute Gasteiger partial charge is 0.246 e. The van der Waals surface area contributed by atoms with Gasteiger partial charge in [0, 0.05) is 24.8 Å².